The van der Waals surface area contributed by atoms with Crippen LogP contribution < -0.4 is 15.5 Å². The van der Waals surface area contributed by atoms with Crippen LogP contribution in [-0.2, 0) is 6.18 Å². The van der Waals surface area contributed by atoms with E-state index in [-0.39, 0.29) is 17.8 Å². The van der Waals surface area contributed by atoms with E-state index in [9.17, 15) is 18.0 Å². The Morgan fingerprint density at radius 3 is 2.33 bits per heavy atom. The number of fused-ring (bicyclic) bond motifs is 1. The van der Waals surface area contributed by atoms with Gasteiger partial charge in [0.1, 0.15) is 11.6 Å². The van der Waals surface area contributed by atoms with Gasteiger partial charge in [-0.1, -0.05) is 29.8 Å². The highest BCUT2D eigenvalue weighted by Gasteiger charge is 2.41. The van der Waals surface area contributed by atoms with Crippen LogP contribution in [0.4, 0.5) is 24.7 Å². The van der Waals surface area contributed by atoms with Crippen LogP contribution >= 0.6 is 11.6 Å². The van der Waals surface area contributed by atoms with E-state index in [1.165, 1.54) is 0 Å². The molecule has 0 saturated heterocycles. The number of rotatable bonds is 6. The molecule has 1 aliphatic carbocycles. The number of nitrogens with one attached hydrogen (secondary N) is 2. The summed E-state index contributed by atoms with van der Waals surface area (Å²) in [6.45, 7) is 0. The molecule has 0 unspecified atom stereocenters. The first kappa shape index (κ1) is 26.9. The van der Waals surface area contributed by atoms with Crippen LogP contribution in [0.15, 0.2) is 65.1 Å². The van der Waals surface area contributed by atoms with Crippen molar-refractivity contribution in [1.29, 1.82) is 0 Å². The third kappa shape index (κ3) is 5.98. The number of pyridine rings is 1. The average Bonchev–Trinajstić information content (AvgIpc) is 3.36. The fraction of sp³-hybridized carbons (Fsp3) is 0.310. The van der Waals surface area contributed by atoms with E-state index in [4.69, 9.17) is 21.0 Å². The number of furan rings is 1. The largest absolute Gasteiger partial charge is 0.451 e. The quantitative estimate of drug-likeness (QED) is 0.259. The molecule has 1 amide bonds. The maximum absolute atomic E-state index is 13.7. The minimum atomic E-state index is -4.81. The van der Waals surface area contributed by atoms with E-state index in [2.05, 4.69) is 10.6 Å². The fourth-order valence-corrected chi connectivity index (χ4v) is 5.11. The molecule has 0 spiro atoms. The van der Waals surface area contributed by atoms with Gasteiger partial charge in [-0.25, -0.2) is 4.98 Å². The van der Waals surface area contributed by atoms with Crippen molar-refractivity contribution in [1.82, 2.24) is 10.3 Å². The summed E-state index contributed by atoms with van der Waals surface area (Å²) in [5.41, 5.74) is 1.83. The van der Waals surface area contributed by atoms with Gasteiger partial charge in [-0.3, -0.25) is 4.79 Å². The molecule has 0 radical (unpaired) electrons. The second-order valence-corrected chi connectivity index (χ2v) is 10.4. The van der Waals surface area contributed by atoms with Crippen molar-refractivity contribution in [2.45, 2.75) is 43.9 Å². The van der Waals surface area contributed by atoms with Crippen LogP contribution in [-0.4, -0.2) is 37.1 Å². The summed E-state index contributed by atoms with van der Waals surface area (Å²) in [5, 5.41) is 7.80. The van der Waals surface area contributed by atoms with Gasteiger partial charge >= 0.3 is 6.18 Å². The number of halogens is 4. The third-order valence-electron chi connectivity index (χ3n) is 6.95. The zero-order valence-electron chi connectivity index (χ0n) is 21.5. The van der Waals surface area contributed by atoms with Crippen LogP contribution in [0.25, 0.3) is 22.2 Å². The lowest BCUT2D eigenvalue weighted by atomic mass is 9.91. The summed E-state index contributed by atoms with van der Waals surface area (Å²) in [7, 11) is 3.98. The van der Waals surface area contributed by atoms with Crippen molar-refractivity contribution in [3.8, 4) is 11.3 Å². The number of anilines is 2. The Morgan fingerprint density at radius 2 is 1.67 bits per heavy atom. The van der Waals surface area contributed by atoms with Crippen molar-refractivity contribution < 1.29 is 22.4 Å². The molecule has 6 nitrogen and oxygen atoms in total. The van der Waals surface area contributed by atoms with Gasteiger partial charge in [0.25, 0.3) is 5.91 Å². The number of alkyl halides is 3. The van der Waals surface area contributed by atoms with Gasteiger partial charge in [0.15, 0.2) is 0 Å². The summed E-state index contributed by atoms with van der Waals surface area (Å²) in [6, 6.07) is 17.2. The Kier molecular flexibility index (Phi) is 7.44. The van der Waals surface area contributed by atoms with Gasteiger partial charge in [-0.2, -0.15) is 13.2 Å². The van der Waals surface area contributed by atoms with Gasteiger partial charge in [-0.05, 0) is 62.1 Å². The lowest BCUT2D eigenvalue weighted by molar-refractivity contribution is -0.153. The Bertz CT molecular complexity index is 1480. The Morgan fingerprint density at radius 1 is 1.00 bits per heavy atom. The predicted molar refractivity (Wildman–Crippen MR) is 147 cm³/mol. The number of para-hydroxylation sites is 1. The Labute approximate surface area is 229 Å². The number of amides is 1. The molecule has 0 atom stereocenters. The Balaban J connectivity index is 1.25. The zero-order valence-corrected chi connectivity index (χ0v) is 22.2. The van der Waals surface area contributed by atoms with E-state index in [0.717, 1.165) is 41.3 Å². The van der Waals surface area contributed by atoms with Gasteiger partial charge < -0.3 is 20.0 Å². The maximum Gasteiger partial charge on any atom is 0.450 e. The standard InChI is InChI=1S/C29H28ClF3N4O2/c1-37(2)24-16-26(36-23-6-4-3-5-21(23)24)34-19-11-13-20(14-12-19)35-28(38)22-15-25(39-27(22)29(31,32)33)17-7-9-18(30)10-8-17/h3-10,15-16,19-20H,11-14H2,1-2H3,(H,34,36)(H,35,38). The summed E-state index contributed by atoms with van der Waals surface area (Å²) in [6.07, 6.45) is -2.08. The van der Waals surface area contributed by atoms with Crippen LogP contribution in [0, 0.1) is 0 Å². The summed E-state index contributed by atoms with van der Waals surface area (Å²) >= 11 is 5.88. The van der Waals surface area contributed by atoms with E-state index >= 15 is 0 Å². The van der Waals surface area contributed by atoms with Crippen LogP contribution in [0.1, 0.15) is 41.8 Å². The molecule has 204 valence electrons. The first-order chi connectivity index (χ1) is 18.6. The molecule has 2 aromatic carbocycles. The molecule has 0 bridgehead atoms. The molecule has 39 heavy (non-hydrogen) atoms. The molecule has 1 fully saturated rings. The summed E-state index contributed by atoms with van der Waals surface area (Å²) in [4.78, 5) is 19.8. The number of nitrogens with zero attached hydrogens (tertiary/aromatic N) is 2. The molecule has 4 aromatic rings. The lowest BCUT2D eigenvalue weighted by Gasteiger charge is -2.30. The fourth-order valence-electron chi connectivity index (χ4n) is 4.98. The van der Waals surface area contributed by atoms with Gasteiger partial charge in [0, 0.05) is 53.9 Å². The van der Waals surface area contributed by atoms with Gasteiger partial charge in [0.2, 0.25) is 5.76 Å². The highest BCUT2D eigenvalue weighted by atomic mass is 35.5. The van der Waals surface area contributed by atoms with E-state index < -0.39 is 23.4 Å². The molecule has 5 rings (SSSR count). The molecule has 0 aliphatic heterocycles. The number of benzene rings is 2. The molecule has 2 N–H and O–H groups in total. The highest BCUT2D eigenvalue weighted by Crippen LogP contribution is 2.38. The highest BCUT2D eigenvalue weighted by molar-refractivity contribution is 6.30. The SMILES string of the molecule is CN(C)c1cc(NC2CCC(NC(=O)c3cc(-c4ccc(Cl)cc4)oc3C(F)(F)F)CC2)nc2ccccc12. The second kappa shape index (κ2) is 10.8. The minimum Gasteiger partial charge on any atom is -0.451 e. The van der Waals surface area contributed by atoms with Crippen LogP contribution in [0.3, 0.4) is 0 Å². The number of carbonyl (C=O) groups is 1. The third-order valence-corrected chi connectivity index (χ3v) is 7.21. The molecule has 2 aromatic heterocycles. The van der Waals surface area contributed by atoms with Crippen molar-refractivity contribution in [2.75, 3.05) is 24.3 Å². The van der Waals surface area contributed by atoms with Gasteiger partial charge in [-0.15, -0.1) is 0 Å². The van der Waals surface area contributed by atoms with E-state index in [1.54, 1.807) is 24.3 Å². The number of aromatic nitrogens is 1. The van der Waals surface area contributed by atoms with E-state index in [0.29, 0.717) is 23.4 Å². The molecule has 1 saturated carbocycles. The predicted octanol–water partition coefficient (Wildman–Crippen LogP) is 7.39. The molecule has 1 aliphatic rings. The summed E-state index contributed by atoms with van der Waals surface area (Å²) in [5.74, 6) is -1.38. The lowest BCUT2D eigenvalue weighted by Crippen LogP contribution is -2.40. The zero-order chi connectivity index (χ0) is 27.7. The van der Waals surface area contributed by atoms with Crippen LogP contribution in [0.5, 0.6) is 0 Å². The smallest absolute Gasteiger partial charge is 0.450 e. The van der Waals surface area contributed by atoms with Gasteiger partial charge in [0.05, 0.1) is 11.1 Å². The normalized spacial score (nSPS) is 17.7. The first-order valence-corrected chi connectivity index (χ1v) is 13.1. The minimum absolute atomic E-state index is 0.0444. The van der Waals surface area contributed by atoms with Crippen LogP contribution in [0.2, 0.25) is 5.02 Å². The first-order valence-electron chi connectivity index (χ1n) is 12.7. The second-order valence-electron chi connectivity index (χ2n) is 9.96. The maximum atomic E-state index is 13.7. The number of hydrogen-bond acceptors (Lipinski definition) is 5. The number of hydrogen-bond donors (Lipinski definition) is 2. The summed E-state index contributed by atoms with van der Waals surface area (Å²) < 4.78 is 46.2. The molecule has 2 heterocycles. The van der Waals surface area contributed by atoms with E-state index in [1.807, 2.05) is 49.3 Å². The van der Waals surface area contributed by atoms with Crippen molar-refractivity contribution in [2.24, 2.45) is 0 Å². The average molecular weight is 557 g/mol. The molecular weight excluding hydrogens is 529 g/mol. The molecular formula is C29H28ClF3N4O2. The van der Waals surface area contributed by atoms with Crippen molar-refractivity contribution in [3.63, 3.8) is 0 Å². The monoisotopic (exact) mass is 556 g/mol. The van der Waals surface area contributed by atoms with Crippen molar-refractivity contribution >= 4 is 39.9 Å². The number of carbonyl (C=O) groups excluding carboxylic acids is 1. The van der Waals surface area contributed by atoms with Crippen molar-refractivity contribution in [3.05, 3.63) is 77.0 Å². The molecule has 10 heteroatoms. The topological polar surface area (TPSA) is 70.4 Å². The Hall–Kier alpha value is -3.72.